The minimum atomic E-state index is -0.785. The molecule has 1 aliphatic heterocycles. The van der Waals surface area contributed by atoms with Gasteiger partial charge in [0.15, 0.2) is 0 Å². The first kappa shape index (κ1) is 23.9. The number of nitro benzene ring substituents is 1. The van der Waals surface area contributed by atoms with E-state index in [9.17, 15) is 19.7 Å². The molecule has 0 bridgehead atoms. The number of hydrogen-bond donors (Lipinski definition) is 1. The van der Waals surface area contributed by atoms with Crippen LogP contribution in [0.2, 0.25) is 0 Å². The van der Waals surface area contributed by atoms with Gasteiger partial charge < -0.3 is 5.32 Å². The Kier molecular flexibility index (Phi) is 6.00. The second-order valence-electron chi connectivity index (χ2n) is 9.83. The minimum absolute atomic E-state index is 0.0251. The average Bonchev–Trinajstić information content (AvgIpc) is 2.97. The molecule has 2 atom stereocenters. The van der Waals surface area contributed by atoms with Crippen LogP contribution in [0.4, 0.5) is 17.1 Å². The molecule has 0 radical (unpaired) electrons. The number of anilines is 2. The number of amides is 1. The Labute approximate surface area is 217 Å². The summed E-state index contributed by atoms with van der Waals surface area (Å²) in [5.74, 6) is -1.04. The second kappa shape index (κ2) is 9.02. The molecule has 0 aromatic heterocycles. The van der Waals surface area contributed by atoms with Crippen LogP contribution in [-0.2, 0) is 4.79 Å². The van der Waals surface area contributed by atoms with Crippen molar-refractivity contribution in [3.05, 3.63) is 110 Å². The standard InChI is InChI=1S/C28H24BrN3O4/c1-28(2)15-22-25(24(33)16-28)26(18-6-5-7-20(14-18)32(35)36)31(23-9-4-3-8-21(23)30-22)27(34)17-10-12-19(29)13-11-17/h3-15,25-26,30H,16H2,1-2H3/t25-,26-/m0/s1. The predicted molar refractivity (Wildman–Crippen MR) is 142 cm³/mol. The lowest BCUT2D eigenvalue weighted by Gasteiger charge is -2.39. The molecule has 1 aliphatic carbocycles. The largest absolute Gasteiger partial charge is 0.357 e. The van der Waals surface area contributed by atoms with Gasteiger partial charge in [0.1, 0.15) is 5.78 Å². The third-order valence-electron chi connectivity index (χ3n) is 6.63. The SMILES string of the molecule is CC1(C)C=C2Nc3ccccc3N(C(=O)c3ccc(Br)cc3)[C@@H](c3cccc([N+](=O)[O-])c3)[C@@H]2C(=O)C1. The smallest absolute Gasteiger partial charge is 0.269 e. The molecule has 0 fully saturated rings. The first-order valence-corrected chi connectivity index (χ1v) is 12.4. The maximum absolute atomic E-state index is 14.2. The maximum Gasteiger partial charge on any atom is 0.269 e. The Morgan fingerprint density at radius 1 is 1.08 bits per heavy atom. The fourth-order valence-electron chi connectivity index (χ4n) is 5.13. The van der Waals surface area contributed by atoms with Gasteiger partial charge in [0, 0.05) is 34.3 Å². The van der Waals surface area contributed by atoms with Crippen LogP contribution < -0.4 is 10.2 Å². The van der Waals surface area contributed by atoms with Crippen molar-refractivity contribution in [3.63, 3.8) is 0 Å². The fraction of sp³-hybridized carbons (Fsp3) is 0.214. The van der Waals surface area contributed by atoms with Gasteiger partial charge in [0.05, 0.1) is 28.3 Å². The zero-order chi connectivity index (χ0) is 25.6. The number of halogens is 1. The highest BCUT2D eigenvalue weighted by atomic mass is 79.9. The number of benzene rings is 3. The number of nitro groups is 1. The summed E-state index contributed by atoms with van der Waals surface area (Å²) < 4.78 is 0.835. The van der Waals surface area contributed by atoms with E-state index in [4.69, 9.17) is 0 Å². The highest BCUT2D eigenvalue weighted by Crippen LogP contribution is 2.49. The lowest BCUT2D eigenvalue weighted by molar-refractivity contribution is -0.384. The first-order chi connectivity index (χ1) is 17.1. The van der Waals surface area contributed by atoms with Crippen molar-refractivity contribution >= 4 is 44.7 Å². The predicted octanol–water partition coefficient (Wildman–Crippen LogP) is 6.67. The fourth-order valence-corrected chi connectivity index (χ4v) is 5.39. The van der Waals surface area contributed by atoms with Crippen molar-refractivity contribution in [1.82, 2.24) is 0 Å². The minimum Gasteiger partial charge on any atom is -0.357 e. The van der Waals surface area contributed by atoms with Crippen LogP contribution in [0, 0.1) is 21.4 Å². The number of carbonyl (C=O) groups is 2. The van der Waals surface area contributed by atoms with E-state index in [0.29, 0.717) is 34.6 Å². The third-order valence-corrected chi connectivity index (χ3v) is 7.16. The van der Waals surface area contributed by atoms with Gasteiger partial charge in [-0.05, 0) is 47.4 Å². The van der Waals surface area contributed by atoms with E-state index in [1.165, 1.54) is 12.1 Å². The molecule has 8 heteroatoms. The summed E-state index contributed by atoms with van der Waals surface area (Å²) in [6.07, 6.45) is 2.35. The Morgan fingerprint density at radius 3 is 2.53 bits per heavy atom. The van der Waals surface area contributed by atoms with Gasteiger partial charge in [0.25, 0.3) is 11.6 Å². The molecule has 7 nitrogen and oxygen atoms in total. The van der Waals surface area contributed by atoms with Crippen molar-refractivity contribution in [2.45, 2.75) is 26.3 Å². The number of rotatable bonds is 3. The summed E-state index contributed by atoms with van der Waals surface area (Å²) >= 11 is 3.41. The number of hydrogen-bond acceptors (Lipinski definition) is 5. The van der Waals surface area contributed by atoms with E-state index in [1.54, 1.807) is 41.3 Å². The summed E-state index contributed by atoms with van der Waals surface area (Å²) in [5, 5.41) is 15.1. The van der Waals surface area contributed by atoms with Crippen molar-refractivity contribution < 1.29 is 14.5 Å². The molecular formula is C28H24BrN3O4. The number of fused-ring (bicyclic) bond motifs is 2. The van der Waals surface area contributed by atoms with Gasteiger partial charge in [-0.3, -0.25) is 24.6 Å². The summed E-state index contributed by atoms with van der Waals surface area (Å²) in [4.78, 5) is 40.7. The molecule has 2 aliphatic rings. The molecule has 182 valence electrons. The molecule has 0 saturated carbocycles. The monoisotopic (exact) mass is 545 g/mol. The third kappa shape index (κ3) is 4.33. The maximum atomic E-state index is 14.2. The highest BCUT2D eigenvalue weighted by molar-refractivity contribution is 9.10. The molecular weight excluding hydrogens is 522 g/mol. The van der Waals surface area contributed by atoms with Crippen LogP contribution in [-0.4, -0.2) is 16.6 Å². The van der Waals surface area contributed by atoms with Gasteiger partial charge in [-0.25, -0.2) is 0 Å². The number of carbonyl (C=O) groups excluding carboxylic acids is 2. The van der Waals surface area contributed by atoms with E-state index in [0.717, 1.165) is 4.47 Å². The number of ketones is 1. The van der Waals surface area contributed by atoms with Gasteiger partial charge in [-0.15, -0.1) is 0 Å². The first-order valence-electron chi connectivity index (χ1n) is 11.6. The molecule has 1 N–H and O–H groups in total. The summed E-state index contributed by atoms with van der Waals surface area (Å²) in [6, 6.07) is 19.9. The van der Waals surface area contributed by atoms with E-state index in [-0.39, 0.29) is 22.8 Å². The van der Waals surface area contributed by atoms with Crippen LogP contribution in [0.3, 0.4) is 0 Å². The molecule has 3 aromatic carbocycles. The Morgan fingerprint density at radius 2 is 1.81 bits per heavy atom. The van der Waals surface area contributed by atoms with Crippen molar-refractivity contribution in [3.8, 4) is 0 Å². The van der Waals surface area contributed by atoms with Gasteiger partial charge >= 0.3 is 0 Å². The topological polar surface area (TPSA) is 92.6 Å². The van der Waals surface area contributed by atoms with Crippen LogP contribution in [0.15, 0.2) is 89.0 Å². The summed E-state index contributed by atoms with van der Waals surface area (Å²) in [6.45, 7) is 4.00. The molecule has 3 aromatic rings. The Balaban J connectivity index is 1.79. The zero-order valence-electron chi connectivity index (χ0n) is 19.8. The molecule has 36 heavy (non-hydrogen) atoms. The number of nitrogens with one attached hydrogen (secondary N) is 1. The van der Waals surface area contributed by atoms with Crippen molar-refractivity contribution in [1.29, 1.82) is 0 Å². The number of nitrogens with zero attached hydrogens (tertiary/aromatic N) is 2. The van der Waals surface area contributed by atoms with Gasteiger partial charge in [-0.2, -0.15) is 0 Å². The molecule has 1 heterocycles. The average molecular weight is 546 g/mol. The van der Waals surface area contributed by atoms with Crippen molar-refractivity contribution in [2.75, 3.05) is 10.2 Å². The second-order valence-corrected chi connectivity index (χ2v) is 10.7. The normalized spacial score (nSPS) is 20.4. The zero-order valence-corrected chi connectivity index (χ0v) is 21.4. The van der Waals surface area contributed by atoms with Crippen molar-refractivity contribution in [2.24, 2.45) is 11.3 Å². The summed E-state index contributed by atoms with van der Waals surface area (Å²) in [7, 11) is 0. The molecule has 1 amide bonds. The van der Waals surface area contributed by atoms with Gasteiger partial charge in [-0.1, -0.05) is 60.1 Å². The molecule has 0 spiro atoms. The van der Waals surface area contributed by atoms with Crippen LogP contribution in [0.1, 0.15) is 42.2 Å². The van der Waals surface area contributed by atoms with Crippen LogP contribution in [0.25, 0.3) is 0 Å². The number of non-ortho nitro benzene ring substituents is 1. The molecule has 0 saturated heterocycles. The highest BCUT2D eigenvalue weighted by Gasteiger charge is 2.46. The Bertz CT molecular complexity index is 1410. The molecule has 0 unspecified atom stereocenters. The molecule has 5 rings (SSSR count). The van der Waals surface area contributed by atoms with Crippen LogP contribution in [0.5, 0.6) is 0 Å². The number of para-hydroxylation sites is 2. The lowest BCUT2D eigenvalue weighted by atomic mass is 9.72. The van der Waals surface area contributed by atoms with E-state index >= 15 is 0 Å². The van der Waals surface area contributed by atoms with Crippen LogP contribution >= 0.6 is 15.9 Å². The van der Waals surface area contributed by atoms with E-state index < -0.39 is 16.9 Å². The van der Waals surface area contributed by atoms with E-state index in [2.05, 4.69) is 21.2 Å². The quantitative estimate of drug-likeness (QED) is 0.293. The lowest BCUT2D eigenvalue weighted by Crippen LogP contribution is -2.43. The summed E-state index contributed by atoms with van der Waals surface area (Å²) in [5.41, 5.74) is 2.50. The number of Topliss-reactive ketones (excluding diaryl/α,β-unsaturated/α-hetero) is 1. The van der Waals surface area contributed by atoms with Gasteiger partial charge in [0.2, 0.25) is 0 Å². The number of allylic oxidation sites excluding steroid dienone is 1. The Hall–Kier alpha value is -3.78. The van der Waals surface area contributed by atoms with E-state index in [1.807, 2.05) is 44.2 Å².